The monoisotopic (exact) mass is 262 g/mol. The molecule has 0 aromatic heterocycles. The van der Waals surface area contributed by atoms with Gasteiger partial charge < -0.3 is 15.8 Å². The van der Waals surface area contributed by atoms with Crippen molar-refractivity contribution in [3.05, 3.63) is 23.8 Å². The van der Waals surface area contributed by atoms with Gasteiger partial charge >= 0.3 is 0 Å². The number of nitrogens with two attached hydrogens (primary N) is 1. The van der Waals surface area contributed by atoms with E-state index in [0.717, 1.165) is 30.7 Å². The van der Waals surface area contributed by atoms with Gasteiger partial charge in [-0.25, -0.2) is 0 Å². The van der Waals surface area contributed by atoms with E-state index in [0.29, 0.717) is 12.1 Å². The summed E-state index contributed by atoms with van der Waals surface area (Å²) in [7, 11) is 1.72. The molecule has 0 spiro atoms. The van der Waals surface area contributed by atoms with Gasteiger partial charge in [-0.3, -0.25) is 0 Å². The van der Waals surface area contributed by atoms with E-state index in [1.54, 1.807) is 7.11 Å². The van der Waals surface area contributed by atoms with Gasteiger partial charge in [-0.2, -0.15) is 0 Å². The molecule has 1 aromatic rings. The van der Waals surface area contributed by atoms with Crippen molar-refractivity contribution in [3.63, 3.8) is 0 Å². The molecule has 1 aliphatic carbocycles. The molecule has 0 aliphatic heterocycles. The smallest absolute Gasteiger partial charge is 0.141 e. The Kier molecular flexibility index (Phi) is 4.04. The Balaban J connectivity index is 2.21. The quantitative estimate of drug-likeness (QED) is 0.878. The van der Waals surface area contributed by atoms with Crippen LogP contribution in [0.2, 0.25) is 0 Å². The van der Waals surface area contributed by atoms with Crippen LogP contribution in [-0.2, 0) is 5.41 Å². The van der Waals surface area contributed by atoms with Crippen LogP contribution < -0.4 is 15.8 Å². The number of hydrogen-bond donors (Lipinski definition) is 2. The Morgan fingerprint density at radius 1 is 1.26 bits per heavy atom. The number of methoxy groups -OCH3 is 1. The maximum atomic E-state index is 5.98. The summed E-state index contributed by atoms with van der Waals surface area (Å²) in [5.41, 5.74) is 8.53. The summed E-state index contributed by atoms with van der Waals surface area (Å²) in [6.45, 7) is 6.68. The van der Waals surface area contributed by atoms with Crippen molar-refractivity contribution < 1.29 is 4.74 Å². The van der Waals surface area contributed by atoms with E-state index in [9.17, 15) is 0 Å². The first-order valence-corrected chi connectivity index (χ1v) is 7.11. The molecule has 3 N–H and O–H groups in total. The fourth-order valence-electron chi connectivity index (χ4n) is 2.65. The van der Waals surface area contributed by atoms with Crippen LogP contribution in [0.15, 0.2) is 18.2 Å². The standard InChI is InChI=1S/C16H26N2O/c1-16(2,3)11-5-8-15(19-4)14(9-11)18-13-7-6-12(17)10-13/h5,8-9,12-13,18H,6-7,10,17H2,1-4H3. The predicted octanol–water partition coefficient (Wildman–Crippen LogP) is 3.28. The minimum atomic E-state index is 0.148. The van der Waals surface area contributed by atoms with Crippen molar-refractivity contribution in [3.8, 4) is 5.75 Å². The number of hydrogen-bond acceptors (Lipinski definition) is 3. The molecule has 0 amide bonds. The Morgan fingerprint density at radius 2 is 2.00 bits per heavy atom. The highest BCUT2D eigenvalue weighted by molar-refractivity contribution is 5.59. The fourth-order valence-corrected chi connectivity index (χ4v) is 2.65. The number of nitrogens with one attached hydrogen (secondary N) is 1. The normalized spacial score (nSPS) is 23.4. The highest BCUT2D eigenvalue weighted by Gasteiger charge is 2.23. The van der Waals surface area contributed by atoms with Crippen LogP contribution in [0.1, 0.15) is 45.6 Å². The van der Waals surface area contributed by atoms with Crippen LogP contribution in [-0.4, -0.2) is 19.2 Å². The number of ether oxygens (including phenoxy) is 1. The van der Waals surface area contributed by atoms with Gasteiger partial charge in [-0.05, 0) is 42.4 Å². The summed E-state index contributed by atoms with van der Waals surface area (Å²) in [4.78, 5) is 0. The van der Waals surface area contributed by atoms with Crippen LogP contribution in [0.4, 0.5) is 5.69 Å². The number of rotatable bonds is 3. The van der Waals surface area contributed by atoms with E-state index < -0.39 is 0 Å². The second kappa shape index (κ2) is 5.41. The first-order chi connectivity index (χ1) is 8.90. The van der Waals surface area contributed by atoms with Gasteiger partial charge in [0.15, 0.2) is 0 Å². The third-order valence-corrected chi connectivity index (χ3v) is 3.90. The zero-order chi connectivity index (χ0) is 14.0. The molecule has 2 atom stereocenters. The SMILES string of the molecule is COc1ccc(C(C)(C)C)cc1NC1CCC(N)C1. The Hall–Kier alpha value is -1.22. The number of benzene rings is 1. The summed E-state index contributed by atoms with van der Waals surface area (Å²) >= 11 is 0. The van der Waals surface area contributed by atoms with Gasteiger partial charge in [0, 0.05) is 12.1 Å². The van der Waals surface area contributed by atoms with Gasteiger partial charge in [-0.1, -0.05) is 26.8 Å². The third kappa shape index (κ3) is 3.41. The van der Waals surface area contributed by atoms with E-state index in [2.05, 4.69) is 44.3 Å². The molecule has 0 radical (unpaired) electrons. The van der Waals surface area contributed by atoms with Crippen LogP contribution in [0.25, 0.3) is 0 Å². The van der Waals surface area contributed by atoms with E-state index in [4.69, 9.17) is 10.5 Å². The average Bonchev–Trinajstić information content (AvgIpc) is 2.73. The van der Waals surface area contributed by atoms with Crippen LogP contribution in [0.3, 0.4) is 0 Å². The minimum absolute atomic E-state index is 0.148. The number of anilines is 1. The lowest BCUT2D eigenvalue weighted by molar-refractivity contribution is 0.415. The fraction of sp³-hybridized carbons (Fsp3) is 0.625. The van der Waals surface area contributed by atoms with Gasteiger partial charge in [0.05, 0.1) is 12.8 Å². The molecule has 2 rings (SSSR count). The lowest BCUT2D eigenvalue weighted by atomic mass is 9.86. The van der Waals surface area contributed by atoms with Gasteiger partial charge in [0.2, 0.25) is 0 Å². The summed E-state index contributed by atoms with van der Waals surface area (Å²) in [6.07, 6.45) is 3.30. The van der Waals surface area contributed by atoms with Gasteiger partial charge in [0.25, 0.3) is 0 Å². The molecular weight excluding hydrogens is 236 g/mol. The second-order valence-electron chi connectivity index (χ2n) is 6.58. The van der Waals surface area contributed by atoms with E-state index in [1.807, 2.05) is 0 Å². The summed E-state index contributed by atoms with van der Waals surface area (Å²) in [5, 5.41) is 3.60. The van der Waals surface area contributed by atoms with Crippen LogP contribution in [0.5, 0.6) is 5.75 Å². The second-order valence-corrected chi connectivity index (χ2v) is 6.58. The summed E-state index contributed by atoms with van der Waals surface area (Å²) in [5.74, 6) is 0.911. The molecule has 0 heterocycles. The predicted molar refractivity (Wildman–Crippen MR) is 80.9 cm³/mol. The summed E-state index contributed by atoms with van der Waals surface area (Å²) in [6, 6.07) is 7.22. The van der Waals surface area contributed by atoms with Crippen molar-refractivity contribution >= 4 is 5.69 Å². The molecule has 3 heteroatoms. The maximum absolute atomic E-state index is 5.98. The summed E-state index contributed by atoms with van der Waals surface area (Å²) < 4.78 is 5.46. The lowest BCUT2D eigenvalue weighted by Gasteiger charge is -2.23. The molecule has 1 aliphatic rings. The van der Waals surface area contributed by atoms with Gasteiger partial charge in [-0.15, -0.1) is 0 Å². The first kappa shape index (κ1) is 14.2. The van der Waals surface area contributed by atoms with Crippen molar-refractivity contribution in [1.29, 1.82) is 0 Å². The Labute approximate surface area is 116 Å². The average molecular weight is 262 g/mol. The van der Waals surface area contributed by atoms with Crippen molar-refractivity contribution in [2.24, 2.45) is 5.73 Å². The molecular formula is C16H26N2O. The topological polar surface area (TPSA) is 47.3 Å². The lowest BCUT2D eigenvalue weighted by Crippen LogP contribution is -2.21. The first-order valence-electron chi connectivity index (χ1n) is 7.11. The molecule has 19 heavy (non-hydrogen) atoms. The molecule has 0 bridgehead atoms. The highest BCUT2D eigenvalue weighted by Crippen LogP contribution is 2.33. The molecule has 106 valence electrons. The third-order valence-electron chi connectivity index (χ3n) is 3.90. The molecule has 1 saturated carbocycles. The molecule has 2 unspecified atom stereocenters. The molecule has 1 fully saturated rings. The van der Waals surface area contributed by atoms with Gasteiger partial charge in [0.1, 0.15) is 5.75 Å². The Bertz CT molecular complexity index is 437. The van der Waals surface area contributed by atoms with E-state index in [-0.39, 0.29) is 5.41 Å². The highest BCUT2D eigenvalue weighted by atomic mass is 16.5. The van der Waals surface area contributed by atoms with Crippen molar-refractivity contribution in [2.75, 3.05) is 12.4 Å². The minimum Gasteiger partial charge on any atom is -0.495 e. The van der Waals surface area contributed by atoms with E-state index in [1.165, 1.54) is 5.56 Å². The Morgan fingerprint density at radius 3 is 2.53 bits per heavy atom. The molecule has 3 nitrogen and oxygen atoms in total. The molecule has 1 aromatic carbocycles. The zero-order valence-corrected chi connectivity index (χ0v) is 12.5. The van der Waals surface area contributed by atoms with Crippen molar-refractivity contribution in [2.45, 2.75) is 57.5 Å². The van der Waals surface area contributed by atoms with E-state index >= 15 is 0 Å². The molecule has 0 saturated heterocycles. The van der Waals surface area contributed by atoms with Crippen molar-refractivity contribution in [1.82, 2.24) is 0 Å². The maximum Gasteiger partial charge on any atom is 0.141 e. The zero-order valence-electron chi connectivity index (χ0n) is 12.5. The largest absolute Gasteiger partial charge is 0.495 e. The van der Waals surface area contributed by atoms with Crippen LogP contribution in [0, 0.1) is 0 Å². The van der Waals surface area contributed by atoms with Crippen LogP contribution >= 0.6 is 0 Å².